The summed E-state index contributed by atoms with van der Waals surface area (Å²) in [6, 6.07) is 14.9. The molecule has 0 unspecified atom stereocenters. The molecule has 0 radical (unpaired) electrons. The molecule has 0 saturated heterocycles. The molecule has 0 fully saturated rings. The van der Waals surface area contributed by atoms with Gasteiger partial charge in [0.2, 0.25) is 5.91 Å². The maximum absolute atomic E-state index is 11.8. The zero-order valence-electron chi connectivity index (χ0n) is 9.94. The van der Waals surface area contributed by atoms with Crippen LogP contribution in [-0.4, -0.2) is 5.91 Å². The Balaban J connectivity index is 2.06. The van der Waals surface area contributed by atoms with Crippen LogP contribution in [0.3, 0.4) is 0 Å². The third-order valence-corrected chi connectivity index (χ3v) is 3.24. The van der Waals surface area contributed by atoms with E-state index in [2.05, 4.69) is 21.2 Å². The van der Waals surface area contributed by atoms with Gasteiger partial charge in [-0.05, 0) is 29.8 Å². The Bertz CT molecular complexity index is 611. The lowest BCUT2D eigenvalue weighted by Gasteiger charge is -2.05. The van der Waals surface area contributed by atoms with E-state index >= 15 is 0 Å². The standard InChI is InChI=1S/C15H11BrClNO/c16-12-7-8-13(17)14(10-12)18-15(19)9-6-11-4-2-1-3-5-11/h1-10H,(H,18,19)/b9-6-. The second kappa shape index (κ2) is 6.55. The van der Waals surface area contributed by atoms with Crippen LogP contribution in [0.1, 0.15) is 5.56 Å². The van der Waals surface area contributed by atoms with Crippen LogP contribution in [0.4, 0.5) is 5.69 Å². The van der Waals surface area contributed by atoms with Gasteiger partial charge < -0.3 is 5.32 Å². The molecule has 0 atom stereocenters. The maximum atomic E-state index is 11.8. The van der Waals surface area contributed by atoms with Gasteiger partial charge in [0, 0.05) is 10.5 Å². The summed E-state index contributed by atoms with van der Waals surface area (Å²) in [5.41, 5.74) is 1.55. The van der Waals surface area contributed by atoms with Gasteiger partial charge in [-0.1, -0.05) is 57.9 Å². The zero-order valence-corrected chi connectivity index (χ0v) is 12.3. The molecule has 19 heavy (non-hydrogen) atoms. The molecule has 1 N–H and O–H groups in total. The lowest BCUT2D eigenvalue weighted by Crippen LogP contribution is -2.08. The van der Waals surface area contributed by atoms with Gasteiger partial charge in [-0.15, -0.1) is 0 Å². The smallest absolute Gasteiger partial charge is 0.248 e. The minimum Gasteiger partial charge on any atom is -0.321 e. The summed E-state index contributed by atoms with van der Waals surface area (Å²) in [6.07, 6.45) is 3.23. The molecular weight excluding hydrogens is 326 g/mol. The Kier molecular flexibility index (Phi) is 4.77. The number of nitrogens with one attached hydrogen (secondary N) is 1. The van der Waals surface area contributed by atoms with Crippen molar-refractivity contribution in [2.75, 3.05) is 5.32 Å². The second-order valence-corrected chi connectivity index (χ2v) is 5.18. The van der Waals surface area contributed by atoms with Gasteiger partial charge in [-0.25, -0.2) is 0 Å². The summed E-state index contributed by atoms with van der Waals surface area (Å²) in [5, 5.41) is 3.24. The lowest BCUT2D eigenvalue weighted by atomic mass is 10.2. The molecule has 0 aliphatic heterocycles. The Morgan fingerprint density at radius 1 is 1.16 bits per heavy atom. The average molecular weight is 337 g/mol. The highest BCUT2D eigenvalue weighted by Crippen LogP contribution is 2.25. The number of halogens is 2. The first-order valence-corrected chi connectivity index (χ1v) is 6.81. The summed E-state index contributed by atoms with van der Waals surface area (Å²) in [6.45, 7) is 0. The number of carbonyl (C=O) groups excluding carboxylic acids is 1. The highest BCUT2D eigenvalue weighted by atomic mass is 79.9. The fourth-order valence-corrected chi connectivity index (χ4v) is 2.03. The Morgan fingerprint density at radius 2 is 1.89 bits per heavy atom. The predicted molar refractivity (Wildman–Crippen MR) is 83.3 cm³/mol. The monoisotopic (exact) mass is 335 g/mol. The molecule has 2 aromatic carbocycles. The Labute approximate surface area is 125 Å². The van der Waals surface area contributed by atoms with Crippen LogP contribution in [-0.2, 0) is 4.79 Å². The van der Waals surface area contributed by atoms with Crippen LogP contribution in [0.15, 0.2) is 59.1 Å². The van der Waals surface area contributed by atoms with Crippen molar-refractivity contribution in [2.24, 2.45) is 0 Å². The average Bonchev–Trinajstić information content (AvgIpc) is 2.42. The third kappa shape index (κ3) is 4.23. The fraction of sp³-hybridized carbons (Fsp3) is 0. The van der Waals surface area contributed by atoms with Crippen LogP contribution in [0.25, 0.3) is 6.08 Å². The highest BCUT2D eigenvalue weighted by Gasteiger charge is 2.03. The fourth-order valence-electron chi connectivity index (χ4n) is 1.50. The van der Waals surface area contributed by atoms with Gasteiger partial charge in [0.25, 0.3) is 0 Å². The zero-order chi connectivity index (χ0) is 13.7. The molecule has 0 spiro atoms. The van der Waals surface area contributed by atoms with E-state index in [1.165, 1.54) is 6.08 Å². The number of benzene rings is 2. The molecule has 0 saturated carbocycles. The van der Waals surface area contributed by atoms with Crippen LogP contribution in [0.2, 0.25) is 5.02 Å². The highest BCUT2D eigenvalue weighted by molar-refractivity contribution is 9.10. The van der Waals surface area contributed by atoms with Gasteiger partial charge in [0.1, 0.15) is 0 Å². The number of amides is 1. The van der Waals surface area contributed by atoms with Gasteiger partial charge in [-0.2, -0.15) is 0 Å². The van der Waals surface area contributed by atoms with E-state index in [-0.39, 0.29) is 5.91 Å². The lowest BCUT2D eigenvalue weighted by molar-refractivity contribution is -0.111. The van der Waals surface area contributed by atoms with Crippen LogP contribution < -0.4 is 5.32 Å². The molecule has 96 valence electrons. The van der Waals surface area contributed by atoms with E-state index in [9.17, 15) is 4.79 Å². The minimum absolute atomic E-state index is 0.219. The summed E-state index contributed by atoms with van der Waals surface area (Å²) in [7, 11) is 0. The molecule has 0 aliphatic rings. The van der Waals surface area contributed by atoms with Crippen LogP contribution >= 0.6 is 27.5 Å². The van der Waals surface area contributed by atoms with E-state index in [4.69, 9.17) is 11.6 Å². The minimum atomic E-state index is -0.219. The first-order chi connectivity index (χ1) is 9.15. The summed E-state index contributed by atoms with van der Waals surface area (Å²) >= 11 is 9.33. The van der Waals surface area contributed by atoms with Crippen molar-refractivity contribution < 1.29 is 4.79 Å². The largest absolute Gasteiger partial charge is 0.321 e. The number of anilines is 1. The van der Waals surface area contributed by atoms with Gasteiger partial charge in [0.05, 0.1) is 10.7 Å². The molecule has 2 aromatic rings. The van der Waals surface area contributed by atoms with Crippen molar-refractivity contribution in [2.45, 2.75) is 0 Å². The number of hydrogen-bond acceptors (Lipinski definition) is 1. The molecule has 2 nitrogen and oxygen atoms in total. The van der Waals surface area contributed by atoms with E-state index in [1.54, 1.807) is 18.2 Å². The summed E-state index contributed by atoms with van der Waals surface area (Å²) in [5.74, 6) is -0.219. The molecule has 0 aromatic heterocycles. The van der Waals surface area contributed by atoms with Crippen molar-refractivity contribution in [3.63, 3.8) is 0 Å². The van der Waals surface area contributed by atoms with Crippen LogP contribution in [0.5, 0.6) is 0 Å². The van der Waals surface area contributed by atoms with Gasteiger partial charge >= 0.3 is 0 Å². The Morgan fingerprint density at radius 3 is 2.63 bits per heavy atom. The third-order valence-electron chi connectivity index (χ3n) is 2.41. The number of rotatable bonds is 3. The summed E-state index contributed by atoms with van der Waals surface area (Å²) in [4.78, 5) is 11.8. The van der Waals surface area contributed by atoms with Gasteiger partial charge in [-0.3, -0.25) is 4.79 Å². The van der Waals surface area contributed by atoms with Crippen LogP contribution in [0, 0.1) is 0 Å². The van der Waals surface area contributed by atoms with Crippen molar-refractivity contribution in [3.05, 3.63) is 69.7 Å². The SMILES string of the molecule is O=C(/C=C\c1ccccc1)Nc1cc(Br)ccc1Cl. The van der Waals surface area contributed by atoms with Gasteiger partial charge in [0.15, 0.2) is 0 Å². The van der Waals surface area contributed by atoms with Crippen molar-refractivity contribution in [3.8, 4) is 0 Å². The maximum Gasteiger partial charge on any atom is 0.248 e. The van der Waals surface area contributed by atoms with Crippen molar-refractivity contribution in [1.82, 2.24) is 0 Å². The molecular formula is C15H11BrClNO. The number of hydrogen-bond donors (Lipinski definition) is 1. The molecule has 0 bridgehead atoms. The normalized spacial score (nSPS) is 10.6. The van der Waals surface area contributed by atoms with E-state index in [1.807, 2.05) is 36.4 Å². The predicted octanol–water partition coefficient (Wildman–Crippen LogP) is 4.75. The summed E-state index contributed by atoms with van der Waals surface area (Å²) < 4.78 is 0.860. The molecule has 4 heteroatoms. The van der Waals surface area contributed by atoms with Crippen molar-refractivity contribution >= 4 is 45.2 Å². The van der Waals surface area contributed by atoms with E-state index < -0.39 is 0 Å². The first kappa shape index (κ1) is 13.8. The molecule has 0 heterocycles. The van der Waals surface area contributed by atoms with E-state index in [0.29, 0.717) is 10.7 Å². The second-order valence-electron chi connectivity index (χ2n) is 3.86. The molecule has 2 rings (SSSR count). The van der Waals surface area contributed by atoms with Crippen molar-refractivity contribution in [1.29, 1.82) is 0 Å². The Hall–Kier alpha value is -1.58. The quantitative estimate of drug-likeness (QED) is 0.805. The first-order valence-electron chi connectivity index (χ1n) is 5.64. The topological polar surface area (TPSA) is 29.1 Å². The molecule has 0 aliphatic carbocycles. The number of carbonyl (C=O) groups is 1. The van der Waals surface area contributed by atoms with E-state index in [0.717, 1.165) is 10.0 Å². The molecule has 1 amide bonds.